The molecule has 1 saturated carbocycles. The van der Waals surface area contributed by atoms with Gasteiger partial charge in [-0.25, -0.2) is 12.8 Å². The normalized spacial score (nSPS) is 22.7. The van der Waals surface area contributed by atoms with Crippen LogP contribution in [0.15, 0.2) is 18.2 Å². The molecule has 0 bridgehead atoms. The highest BCUT2D eigenvalue weighted by atomic mass is 35.5. The maximum atomic E-state index is 14.0. The van der Waals surface area contributed by atoms with Crippen molar-refractivity contribution in [2.24, 2.45) is 0 Å². The van der Waals surface area contributed by atoms with E-state index < -0.39 is 9.84 Å². The van der Waals surface area contributed by atoms with E-state index in [0.29, 0.717) is 17.0 Å². The minimum Gasteiger partial charge on any atom is -0.351 e. The van der Waals surface area contributed by atoms with Crippen molar-refractivity contribution in [1.82, 2.24) is 10.2 Å². The van der Waals surface area contributed by atoms with Gasteiger partial charge in [0.05, 0.1) is 18.1 Å². The quantitative estimate of drug-likeness (QED) is 0.823. The number of nitrogens with zero attached hydrogens (tertiary/aromatic N) is 1. The van der Waals surface area contributed by atoms with E-state index in [2.05, 4.69) is 5.32 Å². The summed E-state index contributed by atoms with van der Waals surface area (Å²) in [5.41, 5.74) is 0.391. The van der Waals surface area contributed by atoms with Crippen LogP contribution in [0.2, 0.25) is 5.02 Å². The Balaban J connectivity index is 1.61. The number of hydrogen-bond donors (Lipinski definition) is 1. The van der Waals surface area contributed by atoms with Crippen molar-refractivity contribution in [2.75, 3.05) is 18.1 Å². The standard InChI is InChI=1S/C16H20ClFN2O3S/c17-14-2-1-3-15(18)13(14)8-20(12-4-5-12)9-16(21)19-11-6-7-24(22,23)10-11/h1-3,11-12H,4-10H2,(H,19,21). The summed E-state index contributed by atoms with van der Waals surface area (Å²) in [6.07, 6.45) is 2.39. The number of halogens is 2. The van der Waals surface area contributed by atoms with E-state index in [1.54, 1.807) is 12.1 Å². The lowest BCUT2D eigenvalue weighted by molar-refractivity contribution is -0.123. The molecule has 0 aromatic heterocycles. The van der Waals surface area contributed by atoms with Crippen LogP contribution < -0.4 is 5.32 Å². The summed E-state index contributed by atoms with van der Waals surface area (Å²) in [6, 6.07) is 4.47. The number of nitrogens with one attached hydrogen (secondary N) is 1. The molecule has 1 aromatic rings. The monoisotopic (exact) mass is 374 g/mol. The molecule has 0 radical (unpaired) electrons. The van der Waals surface area contributed by atoms with E-state index >= 15 is 0 Å². The fourth-order valence-corrected chi connectivity index (χ4v) is 4.90. The molecule has 132 valence electrons. The van der Waals surface area contributed by atoms with Gasteiger partial charge in [0.2, 0.25) is 5.91 Å². The van der Waals surface area contributed by atoms with E-state index in [1.165, 1.54) is 6.07 Å². The highest BCUT2D eigenvalue weighted by Crippen LogP contribution is 2.30. The first-order chi connectivity index (χ1) is 11.3. The van der Waals surface area contributed by atoms with Crippen LogP contribution in [0.4, 0.5) is 4.39 Å². The Hall–Kier alpha value is -1.18. The molecule has 1 aliphatic carbocycles. The van der Waals surface area contributed by atoms with E-state index in [-0.39, 0.29) is 48.4 Å². The zero-order valence-electron chi connectivity index (χ0n) is 13.2. The van der Waals surface area contributed by atoms with E-state index in [0.717, 1.165) is 12.8 Å². The Bertz CT molecular complexity index is 717. The molecule has 2 aliphatic rings. The predicted octanol–water partition coefficient (Wildman–Crippen LogP) is 1.75. The summed E-state index contributed by atoms with van der Waals surface area (Å²) in [6.45, 7) is 0.387. The number of carbonyl (C=O) groups excluding carboxylic acids is 1. The zero-order valence-corrected chi connectivity index (χ0v) is 14.7. The lowest BCUT2D eigenvalue weighted by atomic mass is 10.2. The third kappa shape index (κ3) is 4.46. The Labute approximate surface area is 146 Å². The van der Waals surface area contributed by atoms with Gasteiger partial charge in [-0.2, -0.15) is 0 Å². The van der Waals surface area contributed by atoms with Gasteiger partial charge >= 0.3 is 0 Å². The molecule has 8 heteroatoms. The average molecular weight is 375 g/mol. The molecule has 3 rings (SSSR count). The first kappa shape index (κ1) is 17.6. The molecule has 1 atom stereocenters. The molecule has 1 unspecified atom stereocenters. The molecule has 1 aromatic carbocycles. The van der Waals surface area contributed by atoms with Crippen LogP contribution in [0.25, 0.3) is 0 Å². The summed E-state index contributed by atoms with van der Waals surface area (Å²) in [4.78, 5) is 14.1. The van der Waals surface area contributed by atoms with Gasteiger partial charge in [0, 0.05) is 29.2 Å². The molecule has 0 spiro atoms. The summed E-state index contributed by atoms with van der Waals surface area (Å²) in [5.74, 6) is -0.483. The maximum absolute atomic E-state index is 14.0. The Morgan fingerprint density at radius 3 is 2.67 bits per heavy atom. The molecule has 1 amide bonds. The SMILES string of the molecule is O=C(CN(Cc1c(F)cccc1Cl)C1CC1)NC1CCS(=O)(=O)C1. The second-order valence-electron chi connectivity index (χ2n) is 6.50. The summed E-state index contributed by atoms with van der Waals surface area (Å²) < 4.78 is 36.9. The Morgan fingerprint density at radius 2 is 2.08 bits per heavy atom. The van der Waals surface area contributed by atoms with Crippen molar-refractivity contribution in [3.05, 3.63) is 34.6 Å². The highest BCUT2D eigenvalue weighted by Gasteiger charge is 2.33. The molecule has 1 N–H and O–H groups in total. The number of hydrogen-bond acceptors (Lipinski definition) is 4. The minimum atomic E-state index is -3.03. The third-order valence-electron chi connectivity index (χ3n) is 4.43. The summed E-state index contributed by atoms with van der Waals surface area (Å²) >= 11 is 6.07. The van der Waals surface area contributed by atoms with Gasteiger partial charge in [-0.1, -0.05) is 17.7 Å². The minimum absolute atomic E-state index is 0.00130. The molecule has 24 heavy (non-hydrogen) atoms. The van der Waals surface area contributed by atoms with Gasteiger partial charge in [0.25, 0.3) is 0 Å². The van der Waals surface area contributed by atoms with E-state index in [9.17, 15) is 17.6 Å². The van der Waals surface area contributed by atoms with Crippen LogP contribution in [-0.4, -0.2) is 49.4 Å². The number of carbonyl (C=O) groups is 1. The number of rotatable bonds is 6. The van der Waals surface area contributed by atoms with Crippen molar-refractivity contribution in [3.63, 3.8) is 0 Å². The third-order valence-corrected chi connectivity index (χ3v) is 6.55. The van der Waals surface area contributed by atoms with Crippen molar-refractivity contribution in [2.45, 2.75) is 37.9 Å². The van der Waals surface area contributed by atoms with Gasteiger partial charge in [0.15, 0.2) is 9.84 Å². The first-order valence-corrected chi connectivity index (χ1v) is 10.2. The summed E-state index contributed by atoms with van der Waals surface area (Å²) in [5, 5.41) is 3.13. The largest absolute Gasteiger partial charge is 0.351 e. The molecule has 2 fully saturated rings. The smallest absolute Gasteiger partial charge is 0.234 e. The lowest BCUT2D eigenvalue weighted by Gasteiger charge is -2.23. The van der Waals surface area contributed by atoms with Gasteiger partial charge < -0.3 is 5.32 Å². The molecule has 5 nitrogen and oxygen atoms in total. The van der Waals surface area contributed by atoms with Crippen molar-refractivity contribution in [3.8, 4) is 0 Å². The lowest BCUT2D eigenvalue weighted by Crippen LogP contribution is -2.43. The van der Waals surface area contributed by atoms with Crippen LogP contribution in [0.1, 0.15) is 24.8 Å². The Morgan fingerprint density at radius 1 is 1.33 bits per heavy atom. The fourth-order valence-electron chi connectivity index (χ4n) is 3.01. The predicted molar refractivity (Wildman–Crippen MR) is 90.0 cm³/mol. The fraction of sp³-hybridized carbons (Fsp3) is 0.562. The zero-order chi connectivity index (χ0) is 17.3. The van der Waals surface area contributed by atoms with Crippen molar-refractivity contribution in [1.29, 1.82) is 0 Å². The number of sulfone groups is 1. The molecular weight excluding hydrogens is 355 g/mol. The van der Waals surface area contributed by atoms with E-state index in [4.69, 9.17) is 11.6 Å². The van der Waals surface area contributed by atoms with Crippen LogP contribution in [0, 0.1) is 5.82 Å². The van der Waals surface area contributed by atoms with Crippen LogP contribution in [0.5, 0.6) is 0 Å². The van der Waals surface area contributed by atoms with Gasteiger partial charge in [0.1, 0.15) is 5.82 Å². The van der Waals surface area contributed by atoms with E-state index in [1.807, 2.05) is 4.90 Å². The molecular formula is C16H20ClFN2O3S. The maximum Gasteiger partial charge on any atom is 0.234 e. The van der Waals surface area contributed by atoms with Gasteiger partial charge in [-0.15, -0.1) is 0 Å². The van der Waals surface area contributed by atoms with Crippen LogP contribution in [0.3, 0.4) is 0 Å². The molecule has 1 aliphatic heterocycles. The average Bonchev–Trinajstić information content (AvgIpc) is 3.27. The number of benzene rings is 1. The van der Waals surface area contributed by atoms with Crippen molar-refractivity contribution >= 4 is 27.3 Å². The second-order valence-corrected chi connectivity index (χ2v) is 9.14. The second kappa shape index (κ2) is 6.98. The number of amides is 1. The molecule has 1 heterocycles. The topological polar surface area (TPSA) is 66.5 Å². The molecule has 1 saturated heterocycles. The first-order valence-electron chi connectivity index (χ1n) is 8.01. The van der Waals surface area contributed by atoms with Crippen molar-refractivity contribution < 1.29 is 17.6 Å². The van der Waals surface area contributed by atoms with Gasteiger partial charge in [-0.05, 0) is 31.4 Å². The van der Waals surface area contributed by atoms with Crippen LogP contribution in [-0.2, 0) is 21.2 Å². The Kier molecular flexibility index (Phi) is 5.13. The summed E-state index contributed by atoms with van der Waals surface area (Å²) in [7, 11) is -3.03. The van der Waals surface area contributed by atoms with Gasteiger partial charge in [-0.3, -0.25) is 9.69 Å². The van der Waals surface area contributed by atoms with Crippen LogP contribution >= 0.6 is 11.6 Å². The highest BCUT2D eigenvalue weighted by molar-refractivity contribution is 7.91.